The summed E-state index contributed by atoms with van der Waals surface area (Å²) in [5.41, 5.74) is 15.3. The van der Waals surface area contributed by atoms with E-state index in [1.165, 1.54) is 16.7 Å². The Bertz CT molecular complexity index is 1210. The van der Waals surface area contributed by atoms with Gasteiger partial charge < -0.3 is 26.3 Å². The molecule has 10 heteroatoms. The Morgan fingerprint density at radius 2 is 2.10 bits per heavy atom. The Labute approximate surface area is 177 Å². The molecular formula is C21H23FN8O. The molecule has 0 saturated carbocycles. The van der Waals surface area contributed by atoms with E-state index in [1.54, 1.807) is 35.6 Å². The number of H-pyrrole nitrogens is 1. The maximum atomic E-state index is 14.3. The largest absolute Gasteiger partial charge is 0.394 e. The molecule has 0 spiro atoms. The van der Waals surface area contributed by atoms with Crippen LogP contribution in [0, 0.1) is 5.82 Å². The van der Waals surface area contributed by atoms with Gasteiger partial charge in [-0.05, 0) is 36.8 Å². The number of aromatic amines is 1. The van der Waals surface area contributed by atoms with E-state index in [0.29, 0.717) is 30.0 Å². The molecule has 1 fully saturated rings. The van der Waals surface area contributed by atoms with Crippen LogP contribution in [0.4, 0.5) is 4.39 Å². The average molecular weight is 422 g/mol. The van der Waals surface area contributed by atoms with Crippen LogP contribution in [0.5, 0.6) is 0 Å². The number of carbonyl (C=O) groups excluding carboxylic acids is 1. The summed E-state index contributed by atoms with van der Waals surface area (Å²) in [4.78, 5) is 23.5. The first kappa shape index (κ1) is 19.2. The van der Waals surface area contributed by atoms with Crippen molar-refractivity contribution in [3.05, 3.63) is 77.3 Å². The molecule has 5 heterocycles. The third-order valence-corrected chi connectivity index (χ3v) is 5.83. The van der Waals surface area contributed by atoms with E-state index >= 15 is 0 Å². The van der Waals surface area contributed by atoms with Crippen molar-refractivity contribution in [3.63, 3.8) is 0 Å². The summed E-state index contributed by atoms with van der Waals surface area (Å²) in [6.45, 7) is 2.06. The second kappa shape index (κ2) is 7.46. The summed E-state index contributed by atoms with van der Waals surface area (Å²) in [6, 6.07) is 4.32. The summed E-state index contributed by atoms with van der Waals surface area (Å²) >= 11 is 0. The Morgan fingerprint density at radius 1 is 1.26 bits per heavy atom. The van der Waals surface area contributed by atoms with Crippen molar-refractivity contribution < 1.29 is 9.18 Å². The van der Waals surface area contributed by atoms with Crippen LogP contribution >= 0.6 is 0 Å². The van der Waals surface area contributed by atoms with Crippen LogP contribution in [0.15, 0.2) is 54.4 Å². The highest BCUT2D eigenvalue weighted by Gasteiger charge is 2.33. The fourth-order valence-electron chi connectivity index (χ4n) is 4.03. The maximum absolute atomic E-state index is 14.3. The molecule has 1 saturated heterocycles. The number of hydrogen-bond donors (Lipinski definition) is 3. The highest BCUT2D eigenvalue weighted by molar-refractivity contribution is 5.93. The molecule has 3 aromatic rings. The summed E-state index contributed by atoms with van der Waals surface area (Å²) in [7, 11) is 0. The van der Waals surface area contributed by atoms with Crippen molar-refractivity contribution >= 4 is 11.4 Å². The average Bonchev–Trinajstić information content (AvgIpc) is 3.37. The number of hydrogen-bond acceptors (Lipinski definition) is 6. The zero-order chi connectivity index (χ0) is 21.5. The summed E-state index contributed by atoms with van der Waals surface area (Å²) in [5, 5.41) is 4.57. The normalized spacial score (nSPS) is 19.5. The lowest BCUT2D eigenvalue weighted by molar-refractivity contribution is -0.130. The number of imidazole rings is 1. The fraction of sp³-hybridized carbons (Fsp3) is 0.286. The maximum Gasteiger partial charge on any atom is 0.269 e. The number of allylic oxidation sites excluding steroid dienone is 2. The van der Waals surface area contributed by atoms with Gasteiger partial charge in [-0.2, -0.15) is 5.10 Å². The van der Waals surface area contributed by atoms with Crippen molar-refractivity contribution in [3.8, 4) is 0 Å². The molecule has 0 aliphatic carbocycles. The van der Waals surface area contributed by atoms with E-state index in [0.717, 1.165) is 30.9 Å². The number of fused-ring (bicyclic) bond motifs is 2. The van der Waals surface area contributed by atoms with Gasteiger partial charge in [-0.25, -0.2) is 13.9 Å². The number of halogens is 1. The topological polar surface area (TPSA) is 122 Å². The van der Waals surface area contributed by atoms with Crippen molar-refractivity contribution in [1.82, 2.24) is 29.4 Å². The Morgan fingerprint density at radius 3 is 2.84 bits per heavy atom. The Kier molecular flexibility index (Phi) is 4.61. The number of pyridine rings is 1. The predicted molar refractivity (Wildman–Crippen MR) is 112 cm³/mol. The number of aromatic nitrogens is 4. The van der Waals surface area contributed by atoms with Crippen LogP contribution in [-0.2, 0) is 11.2 Å². The van der Waals surface area contributed by atoms with E-state index in [2.05, 4.69) is 15.1 Å². The smallest absolute Gasteiger partial charge is 0.269 e. The lowest BCUT2D eigenvalue weighted by Crippen LogP contribution is -2.44. The van der Waals surface area contributed by atoms with Crippen LogP contribution < -0.4 is 11.5 Å². The lowest BCUT2D eigenvalue weighted by atomic mass is 9.99. The predicted octanol–water partition coefficient (Wildman–Crippen LogP) is 1.02. The molecule has 1 unspecified atom stereocenters. The van der Waals surface area contributed by atoms with E-state index in [9.17, 15) is 9.18 Å². The third kappa shape index (κ3) is 3.29. The zero-order valence-corrected chi connectivity index (χ0v) is 16.8. The number of nitrogens with zero attached hydrogens (tertiary/aromatic N) is 5. The second-order valence-electron chi connectivity index (χ2n) is 7.73. The van der Waals surface area contributed by atoms with Crippen molar-refractivity contribution in [2.75, 3.05) is 19.6 Å². The minimum absolute atomic E-state index is 0.145. The molecule has 1 atom stereocenters. The standard InChI is InChI=1S/C21H23FN8O/c22-13-3-1-9-30-17(13)11-16(27-30)20-19-15(25-12-26-19)6-10-29(20)18(24)5-4-14(23)21(31)28-7-2-8-28/h1,3-5,9,11-12,20H,2,6-8,10,23-24H2,(H,25,26)/b14-4-,18-5+. The zero-order valence-electron chi connectivity index (χ0n) is 16.8. The molecule has 2 aliphatic heterocycles. The molecule has 9 nitrogen and oxygen atoms in total. The van der Waals surface area contributed by atoms with E-state index in [-0.39, 0.29) is 17.4 Å². The molecule has 3 aromatic heterocycles. The summed E-state index contributed by atoms with van der Waals surface area (Å²) < 4.78 is 15.8. The van der Waals surface area contributed by atoms with Gasteiger partial charge in [0.05, 0.1) is 29.2 Å². The van der Waals surface area contributed by atoms with Gasteiger partial charge in [-0.3, -0.25) is 4.79 Å². The molecular weight excluding hydrogens is 399 g/mol. The van der Waals surface area contributed by atoms with E-state index in [4.69, 9.17) is 11.5 Å². The van der Waals surface area contributed by atoms with Crippen LogP contribution in [-0.4, -0.2) is 54.9 Å². The lowest BCUT2D eigenvalue weighted by Gasteiger charge is -2.35. The highest BCUT2D eigenvalue weighted by atomic mass is 19.1. The summed E-state index contributed by atoms with van der Waals surface area (Å²) in [6.07, 6.45) is 8.22. The molecule has 0 bridgehead atoms. The number of rotatable bonds is 4. The Hall–Kier alpha value is -3.82. The first-order valence-corrected chi connectivity index (χ1v) is 10.2. The summed E-state index contributed by atoms with van der Waals surface area (Å²) in [5.74, 6) is -0.110. The van der Waals surface area contributed by atoms with Gasteiger partial charge in [-0.15, -0.1) is 0 Å². The van der Waals surface area contributed by atoms with Crippen LogP contribution in [0.1, 0.15) is 29.5 Å². The van der Waals surface area contributed by atoms with Gasteiger partial charge in [0.1, 0.15) is 17.4 Å². The molecule has 160 valence electrons. The minimum Gasteiger partial charge on any atom is -0.394 e. The van der Waals surface area contributed by atoms with Gasteiger partial charge in [0.25, 0.3) is 5.91 Å². The Balaban J connectivity index is 1.50. The van der Waals surface area contributed by atoms with Gasteiger partial charge in [0, 0.05) is 37.9 Å². The van der Waals surface area contributed by atoms with Crippen molar-refractivity contribution in [2.24, 2.45) is 11.5 Å². The first-order valence-electron chi connectivity index (χ1n) is 10.2. The van der Waals surface area contributed by atoms with Gasteiger partial charge in [-0.1, -0.05) is 0 Å². The van der Waals surface area contributed by atoms with Gasteiger partial charge in [0.15, 0.2) is 0 Å². The number of nitrogens with one attached hydrogen (secondary N) is 1. The molecule has 5 N–H and O–H groups in total. The fourth-order valence-corrected chi connectivity index (χ4v) is 4.03. The van der Waals surface area contributed by atoms with Crippen molar-refractivity contribution in [2.45, 2.75) is 18.9 Å². The molecule has 5 rings (SSSR count). The van der Waals surface area contributed by atoms with E-state index in [1.807, 2.05) is 4.90 Å². The number of nitrogens with two attached hydrogens (primary N) is 2. The monoisotopic (exact) mass is 422 g/mol. The second-order valence-corrected chi connectivity index (χ2v) is 7.73. The minimum atomic E-state index is -0.397. The third-order valence-electron chi connectivity index (χ3n) is 5.83. The van der Waals surface area contributed by atoms with Crippen LogP contribution in [0.25, 0.3) is 5.52 Å². The van der Waals surface area contributed by atoms with Crippen LogP contribution in [0.2, 0.25) is 0 Å². The molecule has 0 radical (unpaired) electrons. The molecule has 31 heavy (non-hydrogen) atoms. The van der Waals surface area contributed by atoms with Crippen LogP contribution in [0.3, 0.4) is 0 Å². The molecule has 0 aromatic carbocycles. The number of amides is 1. The van der Waals surface area contributed by atoms with Gasteiger partial charge in [0.2, 0.25) is 0 Å². The van der Waals surface area contributed by atoms with Gasteiger partial charge >= 0.3 is 0 Å². The van der Waals surface area contributed by atoms with Crippen molar-refractivity contribution in [1.29, 1.82) is 0 Å². The SMILES string of the molecule is N/C(=C\C=C(/N)N1CCc2[nH]cnc2C1c1cc2c(F)cccn2n1)C(=O)N1CCC1. The first-order chi connectivity index (χ1) is 15.0. The quantitative estimate of drug-likeness (QED) is 0.426. The highest BCUT2D eigenvalue weighted by Crippen LogP contribution is 2.34. The van der Waals surface area contributed by atoms with E-state index < -0.39 is 6.04 Å². The number of carbonyl (C=O) groups is 1. The molecule has 2 aliphatic rings. The number of likely N-dealkylation sites (tertiary alicyclic amines) is 1. The molecule has 1 amide bonds.